The average molecular weight is 286 g/mol. The standard InChI is InChI=1S/C16H22N4O/c1-16(2,3)13-9-14(20-19-13)18-15(21)8-11-4-6-12(10-17)7-5-11/h4-7,9H,8,10,17H2,1-3H3,(H2,18,19,20,21). The molecule has 1 aromatic heterocycles. The van der Waals surface area contributed by atoms with Crippen LogP contribution >= 0.6 is 0 Å². The van der Waals surface area contributed by atoms with Crippen molar-refractivity contribution in [2.45, 2.75) is 39.2 Å². The van der Waals surface area contributed by atoms with Crippen LogP contribution in [0, 0.1) is 0 Å². The molecule has 0 saturated carbocycles. The minimum atomic E-state index is -0.0811. The van der Waals surface area contributed by atoms with Gasteiger partial charge < -0.3 is 11.1 Å². The predicted molar refractivity (Wildman–Crippen MR) is 84.0 cm³/mol. The van der Waals surface area contributed by atoms with Gasteiger partial charge in [0, 0.05) is 23.7 Å². The van der Waals surface area contributed by atoms with Gasteiger partial charge >= 0.3 is 0 Å². The third kappa shape index (κ3) is 4.16. The molecule has 0 aliphatic carbocycles. The van der Waals surface area contributed by atoms with Crippen LogP contribution in [0.4, 0.5) is 5.82 Å². The Morgan fingerprint density at radius 3 is 2.38 bits per heavy atom. The maximum Gasteiger partial charge on any atom is 0.229 e. The van der Waals surface area contributed by atoms with Crippen LogP contribution in [0.1, 0.15) is 37.6 Å². The molecule has 4 N–H and O–H groups in total. The molecule has 0 bridgehead atoms. The summed E-state index contributed by atoms with van der Waals surface area (Å²) in [5.41, 5.74) is 8.53. The van der Waals surface area contributed by atoms with E-state index in [2.05, 4.69) is 36.3 Å². The first-order valence-corrected chi connectivity index (χ1v) is 7.02. The summed E-state index contributed by atoms with van der Waals surface area (Å²) in [6.07, 6.45) is 0.322. The van der Waals surface area contributed by atoms with E-state index in [4.69, 9.17) is 5.73 Å². The molecule has 0 aliphatic rings. The van der Waals surface area contributed by atoms with Gasteiger partial charge in [-0.05, 0) is 11.1 Å². The zero-order valence-electron chi connectivity index (χ0n) is 12.7. The van der Waals surface area contributed by atoms with E-state index in [0.29, 0.717) is 18.8 Å². The van der Waals surface area contributed by atoms with Gasteiger partial charge in [0.2, 0.25) is 5.91 Å². The summed E-state index contributed by atoms with van der Waals surface area (Å²) in [4.78, 5) is 12.0. The van der Waals surface area contributed by atoms with Crippen molar-refractivity contribution >= 4 is 11.7 Å². The van der Waals surface area contributed by atoms with Gasteiger partial charge in [0.15, 0.2) is 5.82 Å². The van der Waals surface area contributed by atoms with Crippen molar-refractivity contribution < 1.29 is 4.79 Å². The SMILES string of the molecule is CC(C)(C)c1cc(NC(=O)Cc2ccc(CN)cc2)n[nH]1. The van der Waals surface area contributed by atoms with Gasteiger partial charge in [-0.1, -0.05) is 45.0 Å². The lowest BCUT2D eigenvalue weighted by Crippen LogP contribution is -2.14. The smallest absolute Gasteiger partial charge is 0.229 e. The van der Waals surface area contributed by atoms with E-state index in [0.717, 1.165) is 16.8 Å². The molecule has 1 amide bonds. The van der Waals surface area contributed by atoms with Gasteiger partial charge in [-0.2, -0.15) is 5.10 Å². The van der Waals surface area contributed by atoms with Crippen LogP contribution in [0.3, 0.4) is 0 Å². The lowest BCUT2D eigenvalue weighted by atomic mass is 9.92. The summed E-state index contributed by atoms with van der Waals surface area (Å²) >= 11 is 0. The highest BCUT2D eigenvalue weighted by molar-refractivity contribution is 5.91. The number of nitrogens with two attached hydrogens (primary N) is 1. The molecule has 0 radical (unpaired) electrons. The van der Waals surface area contributed by atoms with Crippen molar-refractivity contribution in [1.29, 1.82) is 0 Å². The fraction of sp³-hybridized carbons (Fsp3) is 0.375. The van der Waals surface area contributed by atoms with Crippen LogP contribution in [0.25, 0.3) is 0 Å². The van der Waals surface area contributed by atoms with Gasteiger partial charge in [0.25, 0.3) is 0 Å². The van der Waals surface area contributed by atoms with Crippen molar-refractivity contribution in [2.24, 2.45) is 5.73 Å². The van der Waals surface area contributed by atoms with Crippen molar-refractivity contribution in [3.63, 3.8) is 0 Å². The van der Waals surface area contributed by atoms with E-state index in [-0.39, 0.29) is 11.3 Å². The van der Waals surface area contributed by atoms with Crippen molar-refractivity contribution in [1.82, 2.24) is 10.2 Å². The maximum absolute atomic E-state index is 12.0. The van der Waals surface area contributed by atoms with Gasteiger partial charge in [-0.25, -0.2) is 0 Å². The number of aromatic nitrogens is 2. The monoisotopic (exact) mass is 286 g/mol. The number of rotatable bonds is 4. The zero-order valence-corrected chi connectivity index (χ0v) is 12.7. The summed E-state index contributed by atoms with van der Waals surface area (Å²) in [5.74, 6) is 0.478. The van der Waals surface area contributed by atoms with Crippen molar-refractivity contribution in [2.75, 3.05) is 5.32 Å². The minimum Gasteiger partial charge on any atom is -0.326 e. The molecule has 1 aromatic carbocycles. The minimum absolute atomic E-state index is 0.0198. The van der Waals surface area contributed by atoms with E-state index in [1.807, 2.05) is 30.3 Å². The van der Waals surface area contributed by atoms with Crippen LogP contribution < -0.4 is 11.1 Å². The van der Waals surface area contributed by atoms with Crippen molar-refractivity contribution in [3.8, 4) is 0 Å². The molecule has 0 saturated heterocycles. The molecule has 0 unspecified atom stereocenters. The highest BCUT2D eigenvalue weighted by Crippen LogP contribution is 2.21. The zero-order chi connectivity index (χ0) is 15.5. The second-order valence-corrected chi connectivity index (χ2v) is 6.16. The van der Waals surface area contributed by atoms with Gasteiger partial charge in [0.1, 0.15) is 0 Å². The fourth-order valence-electron chi connectivity index (χ4n) is 1.94. The predicted octanol–water partition coefficient (Wildman–Crippen LogP) is 2.35. The largest absolute Gasteiger partial charge is 0.326 e. The first-order chi connectivity index (χ1) is 9.88. The second kappa shape index (κ2) is 6.10. The fourth-order valence-corrected chi connectivity index (χ4v) is 1.94. The topological polar surface area (TPSA) is 83.8 Å². The number of carbonyl (C=O) groups excluding carboxylic acids is 1. The van der Waals surface area contributed by atoms with E-state index in [1.165, 1.54) is 0 Å². The molecule has 112 valence electrons. The maximum atomic E-state index is 12.0. The highest BCUT2D eigenvalue weighted by Gasteiger charge is 2.17. The summed E-state index contributed by atoms with van der Waals surface area (Å²) < 4.78 is 0. The number of H-pyrrole nitrogens is 1. The first kappa shape index (κ1) is 15.3. The number of nitrogens with one attached hydrogen (secondary N) is 2. The van der Waals surface area contributed by atoms with Crippen LogP contribution in [0.5, 0.6) is 0 Å². The third-order valence-corrected chi connectivity index (χ3v) is 3.28. The number of amides is 1. The van der Waals surface area contributed by atoms with Crippen molar-refractivity contribution in [3.05, 3.63) is 47.2 Å². The summed E-state index contributed by atoms with van der Waals surface area (Å²) in [7, 11) is 0. The Bertz CT molecular complexity index is 608. The first-order valence-electron chi connectivity index (χ1n) is 7.02. The second-order valence-electron chi connectivity index (χ2n) is 6.16. The average Bonchev–Trinajstić information content (AvgIpc) is 2.88. The number of hydrogen-bond acceptors (Lipinski definition) is 3. The molecule has 21 heavy (non-hydrogen) atoms. The Hall–Kier alpha value is -2.14. The summed E-state index contributed by atoms with van der Waals surface area (Å²) in [6.45, 7) is 6.77. The number of carbonyl (C=O) groups is 1. The molecule has 0 spiro atoms. The number of nitrogens with zero attached hydrogens (tertiary/aromatic N) is 1. The molecular weight excluding hydrogens is 264 g/mol. The highest BCUT2D eigenvalue weighted by atomic mass is 16.1. The Morgan fingerprint density at radius 2 is 1.86 bits per heavy atom. The van der Waals surface area contributed by atoms with Gasteiger partial charge in [-0.3, -0.25) is 9.89 Å². The molecule has 1 heterocycles. The molecule has 2 aromatic rings. The van der Waals surface area contributed by atoms with Crippen LogP contribution in [-0.4, -0.2) is 16.1 Å². The molecule has 5 nitrogen and oxygen atoms in total. The Morgan fingerprint density at radius 1 is 1.24 bits per heavy atom. The number of aromatic amines is 1. The molecule has 0 atom stereocenters. The molecule has 0 aliphatic heterocycles. The Kier molecular flexibility index (Phi) is 4.43. The molecule has 2 rings (SSSR count). The normalized spacial score (nSPS) is 11.4. The lowest BCUT2D eigenvalue weighted by Gasteiger charge is -2.14. The van der Waals surface area contributed by atoms with E-state index >= 15 is 0 Å². The van der Waals surface area contributed by atoms with Gasteiger partial charge in [-0.15, -0.1) is 0 Å². The molecular formula is C16H22N4O. The summed E-state index contributed by atoms with van der Waals surface area (Å²) in [5, 5.41) is 9.88. The van der Waals surface area contributed by atoms with E-state index < -0.39 is 0 Å². The summed E-state index contributed by atoms with van der Waals surface area (Å²) in [6, 6.07) is 9.60. The van der Waals surface area contributed by atoms with E-state index in [9.17, 15) is 4.79 Å². The number of benzene rings is 1. The third-order valence-electron chi connectivity index (χ3n) is 3.28. The van der Waals surface area contributed by atoms with Crippen LogP contribution in [0.2, 0.25) is 0 Å². The Balaban J connectivity index is 1.96. The lowest BCUT2D eigenvalue weighted by molar-refractivity contribution is -0.115. The van der Waals surface area contributed by atoms with Crippen LogP contribution in [0.15, 0.2) is 30.3 Å². The molecule has 5 heteroatoms. The van der Waals surface area contributed by atoms with E-state index in [1.54, 1.807) is 0 Å². The quantitative estimate of drug-likeness (QED) is 0.806. The number of anilines is 1. The Labute approximate surface area is 124 Å². The number of hydrogen-bond donors (Lipinski definition) is 3. The van der Waals surface area contributed by atoms with Crippen LogP contribution in [-0.2, 0) is 23.2 Å². The molecule has 0 fully saturated rings. The van der Waals surface area contributed by atoms with Gasteiger partial charge in [0.05, 0.1) is 6.42 Å².